The van der Waals surface area contributed by atoms with E-state index in [1.807, 2.05) is 24.3 Å². The highest BCUT2D eigenvalue weighted by atomic mass is 32.2. The predicted octanol–water partition coefficient (Wildman–Crippen LogP) is 4.83. The zero-order valence-corrected chi connectivity index (χ0v) is 16.6. The van der Waals surface area contributed by atoms with Crippen LogP contribution in [0.5, 0.6) is 0 Å². The fraction of sp³-hybridized carbons (Fsp3) is 0.0455. The Hall–Kier alpha value is -3.78. The molecule has 2 aromatic heterocycles. The number of carboxylic acids is 1. The number of nitrogens with one attached hydrogen (secondary N) is 1. The molecule has 0 aliphatic rings. The molecule has 2 aromatic carbocycles. The Bertz CT molecular complexity index is 1240. The van der Waals surface area contributed by atoms with Gasteiger partial charge in [0.15, 0.2) is 5.16 Å². The molecular weight excluding hydrogens is 404 g/mol. The van der Waals surface area contributed by atoms with E-state index in [1.54, 1.807) is 36.4 Å². The Morgan fingerprint density at radius 1 is 1.13 bits per heavy atom. The van der Waals surface area contributed by atoms with Gasteiger partial charge in [-0.2, -0.15) is 0 Å². The number of aliphatic carboxylic acids is 1. The van der Waals surface area contributed by atoms with Crippen LogP contribution in [0.25, 0.3) is 28.4 Å². The Morgan fingerprint density at radius 2 is 1.97 bits per heavy atom. The number of para-hydroxylation sites is 2. The van der Waals surface area contributed by atoms with Crippen LogP contribution in [0.4, 0.5) is 0 Å². The smallest absolute Gasteiger partial charge is 0.342 e. The molecule has 0 unspecified atom stereocenters. The lowest BCUT2D eigenvalue weighted by Gasteiger charge is -2.02. The maximum Gasteiger partial charge on any atom is 0.342 e. The van der Waals surface area contributed by atoms with Crippen molar-refractivity contribution in [2.75, 3.05) is 7.11 Å². The van der Waals surface area contributed by atoms with Crippen LogP contribution in [0.1, 0.15) is 16.1 Å². The number of imidazole rings is 1. The quantitative estimate of drug-likeness (QED) is 0.261. The molecule has 150 valence electrons. The van der Waals surface area contributed by atoms with Crippen LogP contribution >= 0.6 is 11.8 Å². The molecule has 0 radical (unpaired) electrons. The molecule has 7 nitrogen and oxygen atoms in total. The van der Waals surface area contributed by atoms with E-state index in [4.69, 9.17) is 9.15 Å². The summed E-state index contributed by atoms with van der Waals surface area (Å²) >= 11 is 1.01. The molecule has 0 spiro atoms. The third kappa shape index (κ3) is 4.13. The van der Waals surface area contributed by atoms with Crippen LogP contribution in [-0.2, 0) is 9.53 Å². The van der Waals surface area contributed by atoms with Crippen LogP contribution in [0.2, 0.25) is 0 Å². The first-order chi connectivity index (χ1) is 14.5. The van der Waals surface area contributed by atoms with Gasteiger partial charge in [0.05, 0.1) is 23.7 Å². The van der Waals surface area contributed by atoms with E-state index >= 15 is 0 Å². The van der Waals surface area contributed by atoms with Gasteiger partial charge in [-0.1, -0.05) is 24.3 Å². The second kappa shape index (κ2) is 8.30. The van der Waals surface area contributed by atoms with Crippen molar-refractivity contribution in [2.45, 2.75) is 5.16 Å². The van der Waals surface area contributed by atoms with Gasteiger partial charge in [-0.3, -0.25) is 0 Å². The summed E-state index contributed by atoms with van der Waals surface area (Å²) in [5, 5.41) is 10.1. The lowest BCUT2D eigenvalue weighted by Crippen LogP contribution is -2.00. The van der Waals surface area contributed by atoms with Gasteiger partial charge in [0, 0.05) is 11.6 Å². The predicted molar refractivity (Wildman–Crippen MR) is 113 cm³/mol. The number of carboxylic acid groups (broad SMARTS) is 1. The number of fused-ring (bicyclic) bond motifs is 1. The molecule has 30 heavy (non-hydrogen) atoms. The Balaban J connectivity index is 1.60. The van der Waals surface area contributed by atoms with Crippen molar-refractivity contribution in [2.24, 2.45) is 0 Å². The number of aromatic nitrogens is 2. The standard InChI is InChI=1S/C22H16N2O5S/c1-28-21(27)14-6-4-5-13(11-14)18-10-9-15(29-18)12-19(20(25)26)30-22-23-16-7-2-3-8-17(16)24-22/h2-12H,1H3,(H,23,24)(H,25,26)/b19-12-. The minimum atomic E-state index is -1.09. The van der Waals surface area contributed by atoms with Gasteiger partial charge in [-0.15, -0.1) is 0 Å². The van der Waals surface area contributed by atoms with Gasteiger partial charge >= 0.3 is 11.9 Å². The van der Waals surface area contributed by atoms with Crippen LogP contribution in [0.15, 0.2) is 75.1 Å². The number of rotatable bonds is 6. The SMILES string of the molecule is COC(=O)c1cccc(-c2ccc(/C=C(\Sc3nc4ccccc4[nH]3)C(=O)O)o2)c1. The largest absolute Gasteiger partial charge is 0.477 e. The lowest BCUT2D eigenvalue weighted by atomic mass is 10.1. The fourth-order valence-electron chi connectivity index (χ4n) is 2.85. The maximum atomic E-state index is 11.7. The highest BCUT2D eigenvalue weighted by Gasteiger charge is 2.15. The van der Waals surface area contributed by atoms with Crippen molar-refractivity contribution in [1.29, 1.82) is 0 Å². The molecule has 0 fully saturated rings. The number of carbonyl (C=O) groups excluding carboxylic acids is 1. The Morgan fingerprint density at radius 3 is 2.73 bits per heavy atom. The Labute approximate surface area is 175 Å². The molecule has 0 aliphatic heterocycles. The number of benzene rings is 2. The number of aromatic amines is 1. The zero-order valence-electron chi connectivity index (χ0n) is 15.8. The normalized spacial score (nSPS) is 11.6. The van der Waals surface area contributed by atoms with Gasteiger partial charge in [0.1, 0.15) is 16.4 Å². The first kappa shape index (κ1) is 19.5. The highest BCUT2D eigenvalue weighted by molar-refractivity contribution is 8.04. The van der Waals surface area contributed by atoms with Crippen molar-refractivity contribution >= 4 is 40.8 Å². The van der Waals surface area contributed by atoms with E-state index < -0.39 is 11.9 Å². The third-order valence-corrected chi connectivity index (χ3v) is 5.15. The van der Waals surface area contributed by atoms with Crippen molar-refractivity contribution < 1.29 is 23.8 Å². The molecule has 0 atom stereocenters. The number of H-pyrrole nitrogens is 1. The highest BCUT2D eigenvalue weighted by Crippen LogP contribution is 2.30. The minimum Gasteiger partial charge on any atom is -0.477 e. The van der Waals surface area contributed by atoms with E-state index in [0.29, 0.717) is 27.8 Å². The number of hydrogen-bond acceptors (Lipinski definition) is 6. The Kier molecular flexibility index (Phi) is 5.40. The monoisotopic (exact) mass is 420 g/mol. The van der Waals surface area contributed by atoms with Crippen LogP contribution in [0, 0.1) is 0 Å². The molecule has 0 saturated carbocycles. The summed E-state index contributed by atoms with van der Waals surface area (Å²) in [5.74, 6) is -0.662. The van der Waals surface area contributed by atoms with Crippen molar-refractivity contribution in [3.8, 4) is 11.3 Å². The first-order valence-electron chi connectivity index (χ1n) is 8.89. The van der Waals surface area contributed by atoms with E-state index in [-0.39, 0.29) is 4.91 Å². The summed E-state index contributed by atoms with van der Waals surface area (Å²) in [5.41, 5.74) is 2.67. The summed E-state index contributed by atoms with van der Waals surface area (Å²) in [6.07, 6.45) is 1.44. The molecule has 8 heteroatoms. The average molecular weight is 420 g/mol. The van der Waals surface area contributed by atoms with E-state index in [0.717, 1.165) is 22.8 Å². The summed E-state index contributed by atoms with van der Waals surface area (Å²) in [6.45, 7) is 0. The third-order valence-electron chi connectivity index (χ3n) is 4.25. The van der Waals surface area contributed by atoms with Crippen LogP contribution in [-0.4, -0.2) is 34.1 Å². The minimum absolute atomic E-state index is 0.0540. The molecule has 2 heterocycles. The first-order valence-corrected chi connectivity index (χ1v) is 9.71. The van der Waals surface area contributed by atoms with Gasteiger partial charge in [-0.25, -0.2) is 14.6 Å². The number of thioether (sulfide) groups is 1. The van der Waals surface area contributed by atoms with Crippen molar-refractivity contribution in [1.82, 2.24) is 9.97 Å². The van der Waals surface area contributed by atoms with Crippen LogP contribution < -0.4 is 0 Å². The maximum absolute atomic E-state index is 11.7. The zero-order chi connectivity index (χ0) is 21.1. The number of ether oxygens (including phenoxy) is 1. The van der Waals surface area contributed by atoms with Gasteiger partial charge in [0.25, 0.3) is 0 Å². The van der Waals surface area contributed by atoms with Gasteiger partial charge < -0.3 is 19.2 Å². The van der Waals surface area contributed by atoms with Crippen molar-refractivity contribution in [3.05, 3.63) is 76.9 Å². The van der Waals surface area contributed by atoms with E-state index in [1.165, 1.54) is 13.2 Å². The summed E-state index contributed by atoms with van der Waals surface area (Å²) in [6, 6.07) is 17.7. The summed E-state index contributed by atoms with van der Waals surface area (Å²) in [7, 11) is 1.32. The molecule has 2 N–H and O–H groups in total. The number of esters is 1. The molecule has 0 aliphatic carbocycles. The molecule has 4 rings (SSSR count). The molecule has 0 saturated heterocycles. The fourth-order valence-corrected chi connectivity index (χ4v) is 3.62. The van der Waals surface area contributed by atoms with E-state index in [9.17, 15) is 14.7 Å². The van der Waals surface area contributed by atoms with Gasteiger partial charge in [-0.05, 0) is 48.2 Å². The molecule has 0 bridgehead atoms. The summed E-state index contributed by atoms with van der Waals surface area (Å²) in [4.78, 5) is 31.0. The number of nitrogens with zero attached hydrogens (tertiary/aromatic N) is 1. The van der Waals surface area contributed by atoms with Gasteiger partial charge in [0.2, 0.25) is 0 Å². The number of carbonyl (C=O) groups is 2. The lowest BCUT2D eigenvalue weighted by molar-refractivity contribution is -0.131. The second-order valence-corrected chi connectivity index (χ2v) is 7.28. The average Bonchev–Trinajstić information content (AvgIpc) is 3.39. The number of methoxy groups -OCH3 is 1. The second-order valence-electron chi connectivity index (χ2n) is 6.25. The number of hydrogen-bond donors (Lipinski definition) is 2. The molecular formula is C22H16N2O5S. The molecule has 4 aromatic rings. The molecule has 0 amide bonds. The number of furan rings is 1. The van der Waals surface area contributed by atoms with Crippen LogP contribution in [0.3, 0.4) is 0 Å². The summed E-state index contributed by atoms with van der Waals surface area (Å²) < 4.78 is 10.5. The topological polar surface area (TPSA) is 105 Å². The van der Waals surface area contributed by atoms with E-state index in [2.05, 4.69) is 9.97 Å². The van der Waals surface area contributed by atoms with Crippen molar-refractivity contribution in [3.63, 3.8) is 0 Å².